The Bertz CT molecular complexity index is 300. The lowest BCUT2D eigenvalue weighted by molar-refractivity contribution is 1.24. The van der Waals surface area contributed by atoms with Crippen LogP contribution in [-0.2, 0) is 0 Å². The van der Waals surface area contributed by atoms with Gasteiger partial charge in [0.05, 0.1) is 0 Å². The van der Waals surface area contributed by atoms with Crippen molar-refractivity contribution in [3.8, 4) is 0 Å². The highest BCUT2D eigenvalue weighted by molar-refractivity contribution is 6.17. The number of alkyl halides is 1. The molecule has 0 heterocycles. The summed E-state index contributed by atoms with van der Waals surface area (Å²) in [5, 5.41) is 0. The number of hydrogen-bond donors (Lipinski definition) is 0. The predicted octanol–water partition coefficient (Wildman–Crippen LogP) is 3.95. The van der Waals surface area contributed by atoms with Gasteiger partial charge in [0.1, 0.15) is 0 Å². The molecule has 70 valence electrons. The van der Waals surface area contributed by atoms with E-state index in [0.717, 1.165) is 6.42 Å². The first-order chi connectivity index (χ1) is 6.24. The molecule has 0 bridgehead atoms. The van der Waals surface area contributed by atoms with Crippen molar-refractivity contribution in [2.75, 3.05) is 5.88 Å². The first kappa shape index (κ1) is 10.3. The van der Waals surface area contributed by atoms with Gasteiger partial charge < -0.3 is 0 Å². The minimum absolute atomic E-state index is 0.696. The van der Waals surface area contributed by atoms with Crippen molar-refractivity contribution in [3.05, 3.63) is 41.0 Å². The van der Waals surface area contributed by atoms with Crippen molar-refractivity contribution < 1.29 is 0 Å². The first-order valence-electron chi connectivity index (χ1n) is 4.54. The van der Waals surface area contributed by atoms with Crippen LogP contribution < -0.4 is 0 Å². The van der Waals surface area contributed by atoms with E-state index in [1.165, 1.54) is 16.7 Å². The smallest absolute Gasteiger partial charge is 0.0258 e. The molecule has 0 fully saturated rings. The van der Waals surface area contributed by atoms with Crippen LogP contribution in [0.1, 0.15) is 23.1 Å². The fourth-order valence-corrected chi connectivity index (χ4v) is 1.28. The number of halogens is 1. The van der Waals surface area contributed by atoms with Gasteiger partial charge in [0.2, 0.25) is 0 Å². The van der Waals surface area contributed by atoms with Crippen molar-refractivity contribution in [2.45, 2.75) is 20.3 Å². The van der Waals surface area contributed by atoms with Gasteiger partial charge in [0, 0.05) is 5.88 Å². The highest BCUT2D eigenvalue weighted by Crippen LogP contribution is 2.11. The molecule has 0 aliphatic rings. The molecule has 0 radical (unpaired) electrons. The molecule has 1 aromatic rings. The van der Waals surface area contributed by atoms with Gasteiger partial charge in [-0.2, -0.15) is 0 Å². The van der Waals surface area contributed by atoms with Gasteiger partial charge in [0.25, 0.3) is 0 Å². The van der Waals surface area contributed by atoms with Crippen molar-refractivity contribution >= 4 is 17.7 Å². The lowest BCUT2D eigenvalue weighted by atomic mass is 10.1. The number of allylic oxidation sites excluding steroid dienone is 1. The average molecular weight is 195 g/mol. The zero-order valence-electron chi connectivity index (χ0n) is 8.18. The van der Waals surface area contributed by atoms with Crippen LogP contribution in [0.4, 0.5) is 0 Å². The van der Waals surface area contributed by atoms with E-state index >= 15 is 0 Å². The van der Waals surface area contributed by atoms with Gasteiger partial charge in [-0.05, 0) is 37.0 Å². The monoisotopic (exact) mass is 194 g/mol. The summed E-state index contributed by atoms with van der Waals surface area (Å²) in [4.78, 5) is 0. The average Bonchev–Trinajstić information content (AvgIpc) is 2.12. The van der Waals surface area contributed by atoms with Gasteiger partial charge in [0.15, 0.2) is 0 Å². The lowest BCUT2D eigenvalue weighted by Gasteiger charge is -2.00. The molecular weight excluding hydrogens is 180 g/mol. The van der Waals surface area contributed by atoms with E-state index in [1.54, 1.807) is 0 Å². The Hall–Kier alpha value is -0.750. The third kappa shape index (κ3) is 3.23. The van der Waals surface area contributed by atoms with Crippen LogP contribution in [0.15, 0.2) is 24.3 Å². The molecule has 0 amide bonds. The second kappa shape index (κ2) is 5.08. The quantitative estimate of drug-likeness (QED) is 0.640. The normalized spacial score (nSPS) is 11.0. The molecule has 13 heavy (non-hydrogen) atoms. The standard InChI is InChI=1S/C12H15Cl/c1-10-6-7-12(9-11(10)2)5-3-4-8-13/h3,5-7,9H,4,8H2,1-2H3/b5-3+. The number of aryl methyl sites for hydroxylation is 2. The number of benzene rings is 1. The van der Waals surface area contributed by atoms with Crippen LogP contribution >= 0.6 is 11.6 Å². The van der Waals surface area contributed by atoms with Gasteiger partial charge in [-0.25, -0.2) is 0 Å². The van der Waals surface area contributed by atoms with Crippen LogP contribution in [0.2, 0.25) is 0 Å². The second-order valence-corrected chi connectivity index (χ2v) is 3.60. The molecule has 0 spiro atoms. The first-order valence-corrected chi connectivity index (χ1v) is 5.07. The number of rotatable bonds is 3. The number of hydrogen-bond acceptors (Lipinski definition) is 0. The van der Waals surface area contributed by atoms with Crippen molar-refractivity contribution in [1.29, 1.82) is 0 Å². The molecule has 1 rings (SSSR count). The summed E-state index contributed by atoms with van der Waals surface area (Å²) in [6, 6.07) is 6.48. The Balaban J connectivity index is 2.73. The highest BCUT2D eigenvalue weighted by atomic mass is 35.5. The van der Waals surface area contributed by atoms with E-state index in [1.807, 2.05) is 0 Å². The summed E-state index contributed by atoms with van der Waals surface area (Å²) in [5.41, 5.74) is 3.94. The fraction of sp³-hybridized carbons (Fsp3) is 0.333. The van der Waals surface area contributed by atoms with Crippen molar-refractivity contribution in [3.63, 3.8) is 0 Å². The molecule has 0 N–H and O–H groups in total. The van der Waals surface area contributed by atoms with Crippen LogP contribution in [0.25, 0.3) is 6.08 Å². The van der Waals surface area contributed by atoms with Crippen molar-refractivity contribution in [2.24, 2.45) is 0 Å². The van der Waals surface area contributed by atoms with Gasteiger partial charge in [-0.3, -0.25) is 0 Å². The van der Waals surface area contributed by atoms with Gasteiger partial charge in [-0.1, -0.05) is 30.4 Å². The maximum Gasteiger partial charge on any atom is 0.0258 e. The van der Waals surface area contributed by atoms with E-state index in [4.69, 9.17) is 11.6 Å². The van der Waals surface area contributed by atoms with E-state index in [9.17, 15) is 0 Å². The van der Waals surface area contributed by atoms with Crippen LogP contribution in [-0.4, -0.2) is 5.88 Å². The Morgan fingerprint density at radius 3 is 2.62 bits per heavy atom. The van der Waals surface area contributed by atoms with E-state index in [2.05, 4.69) is 44.2 Å². The summed E-state index contributed by atoms with van der Waals surface area (Å²) in [5.74, 6) is 0.696. The van der Waals surface area contributed by atoms with Crippen LogP contribution in [0.3, 0.4) is 0 Å². The largest absolute Gasteiger partial charge is 0.126 e. The fourth-order valence-electron chi connectivity index (χ4n) is 1.15. The maximum absolute atomic E-state index is 5.57. The summed E-state index contributed by atoms with van der Waals surface area (Å²) >= 11 is 5.57. The van der Waals surface area contributed by atoms with E-state index < -0.39 is 0 Å². The molecule has 0 aromatic heterocycles. The maximum atomic E-state index is 5.57. The topological polar surface area (TPSA) is 0 Å². The zero-order chi connectivity index (χ0) is 9.68. The Kier molecular flexibility index (Phi) is 4.04. The van der Waals surface area contributed by atoms with E-state index in [0.29, 0.717) is 5.88 Å². The third-order valence-electron chi connectivity index (χ3n) is 2.12. The second-order valence-electron chi connectivity index (χ2n) is 3.22. The van der Waals surface area contributed by atoms with Gasteiger partial charge >= 0.3 is 0 Å². The molecule has 1 aromatic carbocycles. The zero-order valence-corrected chi connectivity index (χ0v) is 8.93. The Morgan fingerprint density at radius 1 is 1.23 bits per heavy atom. The minimum Gasteiger partial charge on any atom is -0.126 e. The molecule has 0 atom stereocenters. The van der Waals surface area contributed by atoms with Gasteiger partial charge in [-0.15, -0.1) is 11.6 Å². The predicted molar refractivity (Wildman–Crippen MR) is 60.3 cm³/mol. The molecule has 0 unspecified atom stereocenters. The summed E-state index contributed by atoms with van der Waals surface area (Å²) in [6.45, 7) is 4.26. The highest BCUT2D eigenvalue weighted by Gasteiger charge is 1.91. The van der Waals surface area contributed by atoms with Crippen LogP contribution in [0, 0.1) is 13.8 Å². The summed E-state index contributed by atoms with van der Waals surface area (Å²) < 4.78 is 0. The lowest BCUT2D eigenvalue weighted by Crippen LogP contribution is -1.81. The van der Waals surface area contributed by atoms with Crippen molar-refractivity contribution in [1.82, 2.24) is 0 Å². The Labute approximate surface area is 85.2 Å². The SMILES string of the molecule is Cc1ccc(/C=C/CCCl)cc1C. The van der Waals surface area contributed by atoms with E-state index in [-0.39, 0.29) is 0 Å². The molecule has 0 saturated carbocycles. The molecule has 1 heteroatoms. The summed E-state index contributed by atoms with van der Waals surface area (Å²) in [6.07, 6.45) is 5.17. The molecule has 0 aliphatic carbocycles. The molecule has 0 nitrogen and oxygen atoms in total. The summed E-state index contributed by atoms with van der Waals surface area (Å²) in [7, 11) is 0. The Morgan fingerprint density at radius 2 is 2.00 bits per heavy atom. The third-order valence-corrected chi connectivity index (χ3v) is 2.34. The molecular formula is C12H15Cl. The molecule has 0 saturated heterocycles. The minimum atomic E-state index is 0.696. The molecule has 0 aliphatic heterocycles. The van der Waals surface area contributed by atoms with Crippen LogP contribution in [0.5, 0.6) is 0 Å².